The van der Waals surface area contributed by atoms with E-state index in [1.54, 1.807) is 17.2 Å². The molecule has 1 amide bonds. The lowest BCUT2D eigenvalue weighted by molar-refractivity contribution is 0.0241. The van der Waals surface area contributed by atoms with Gasteiger partial charge in [0.05, 0.1) is 16.6 Å². The lowest BCUT2D eigenvalue weighted by Crippen LogP contribution is -2.42. The highest BCUT2D eigenvalue weighted by Crippen LogP contribution is 2.22. The summed E-state index contributed by atoms with van der Waals surface area (Å²) in [6, 6.07) is 1.68. The van der Waals surface area contributed by atoms with Crippen molar-refractivity contribution in [3.63, 3.8) is 0 Å². The van der Waals surface area contributed by atoms with E-state index in [0.717, 1.165) is 18.5 Å². The topological polar surface area (TPSA) is 72.4 Å². The number of carbonyl (C=O) groups excluding carboxylic acids is 1. The van der Waals surface area contributed by atoms with Crippen LogP contribution < -0.4 is 0 Å². The summed E-state index contributed by atoms with van der Waals surface area (Å²) in [5.74, 6) is 0.350. The van der Waals surface area contributed by atoms with Gasteiger partial charge < -0.3 is 9.64 Å². The SMILES string of the molecule is Cc1ccnc([S@](=O)C[C@H]2CCCN2C(=O)OC(C)(C)C)n1. The molecule has 22 heavy (non-hydrogen) atoms. The van der Waals surface area contributed by atoms with Gasteiger partial charge >= 0.3 is 6.09 Å². The zero-order valence-electron chi connectivity index (χ0n) is 13.5. The van der Waals surface area contributed by atoms with Gasteiger partial charge in [0.1, 0.15) is 5.60 Å². The fourth-order valence-electron chi connectivity index (χ4n) is 2.35. The van der Waals surface area contributed by atoms with Crippen molar-refractivity contribution in [3.8, 4) is 0 Å². The minimum absolute atomic E-state index is 0.0835. The fraction of sp³-hybridized carbons (Fsp3) is 0.667. The number of hydrogen-bond donors (Lipinski definition) is 0. The van der Waals surface area contributed by atoms with Gasteiger partial charge in [-0.3, -0.25) is 4.21 Å². The zero-order valence-corrected chi connectivity index (χ0v) is 14.4. The number of ether oxygens (including phenoxy) is 1. The summed E-state index contributed by atoms with van der Waals surface area (Å²) in [6.45, 7) is 8.01. The second kappa shape index (κ2) is 6.73. The fourth-order valence-corrected chi connectivity index (χ4v) is 3.62. The van der Waals surface area contributed by atoms with E-state index in [0.29, 0.717) is 17.5 Å². The molecule has 0 radical (unpaired) electrons. The van der Waals surface area contributed by atoms with Crippen LogP contribution in [0, 0.1) is 6.92 Å². The maximum Gasteiger partial charge on any atom is 0.410 e. The molecule has 0 N–H and O–H groups in total. The second-order valence-electron chi connectivity index (χ2n) is 6.46. The number of likely N-dealkylation sites (tertiary alicyclic amines) is 1. The van der Waals surface area contributed by atoms with Gasteiger partial charge in [-0.2, -0.15) is 0 Å². The molecule has 0 aliphatic carbocycles. The molecule has 2 rings (SSSR count). The van der Waals surface area contributed by atoms with Gasteiger partial charge in [0.2, 0.25) is 5.16 Å². The number of rotatable bonds is 3. The number of amides is 1. The number of aromatic nitrogens is 2. The van der Waals surface area contributed by atoms with Crippen LogP contribution in [-0.2, 0) is 15.5 Å². The molecule has 0 unspecified atom stereocenters. The summed E-state index contributed by atoms with van der Waals surface area (Å²) in [7, 11) is -1.32. The number of hydrogen-bond acceptors (Lipinski definition) is 5. The quantitative estimate of drug-likeness (QED) is 0.797. The summed E-state index contributed by atoms with van der Waals surface area (Å²) in [5.41, 5.74) is 0.261. The highest BCUT2D eigenvalue weighted by atomic mass is 32.2. The third-order valence-electron chi connectivity index (χ3n) is 3.33. The summed E-state index contributed by atoms with van der Waals surface area (Å²) < 4.78 is 17.8. The van der Waals surface area contributed by atoms with Crippen LogP contribution in [-0.4, -0.2) is 49.1 Å². The average Bonchev–Trinajstić information content (AvgIpc) is 2.85. The first-order valence-electron chi connectivity index (χ1n) is 7.44. The van der Waals surface area contributed by atoms with Crippen LogP contribution >= 0.6 is 0 Å². The molecule has 1 aliphatic heterocycles. The van der Waals surface area contributed by atoms with Crippen molar-refractivity contribution in [2.24, 2.45) is 0 Å². The molecule has 6 nitrogen and oxygen atoms in total. The Hall–Kier alpha value is -1.50. The van der Waals surface area contributed by atoms with Crippen LogP contribution in [0.1, 0.15) is 39.3 Å². The molecular formula is C15H23N3O3S. The summed E-state index contributed by atoms with van der Waals surface area (Å²) in [6.07, 6.45) is 3.00. The van der Waals surface area contributed by atoms with E-state index in [1.807, 2.05) is 27.7 Å². The van der Waals surface area contributed by atoms with Crippen molar-refractivity contribution in [3.05, 3.63) is 18.0 Å². The highest BCUT2D eigenvalue weighted by Gasteiger charge is 2.33. The Morgan fingerprint density at radius 1 is 1.50 bits per heavy atom. The average molecular weight is 325 g/mol. The van der Waals surface area contributed by atoms with Gasteiger partial charge in [-0.15, -0.1) is 0 Å². The van der Waals surface area contributed by atoms with Gasteiger partial charge in [0, 0.05) is 24.5 Å². The van der Waals surface area contributed by atoms with Crippen molar-refractivity contribution in [2.45, 2.75) is 57.3 Å². The van der Waals surface area contributed by atoms with Crippen LogP contribution in [0.2, 0.25) is 0 Å². The van der Waals surface area contributed by atoms with Gasteiger partial charge in [0.25, 0.3) is 0 Å². The summed E-state index contributed by atoms with van der Waals surface area (Å²) >= 11 is 0. The minimum Gasteiger partial charge on any atom is -0.444 e. The molecule has 2 heterocycles. The maximum atomic E-state index is 12.4. The second-order valence-corrected chi connectivity index (χ2v) is 7.85. The molecule has 7 heteroatoms. The Kier molecular flexibility index (Phi) is 5.16. The van der Waals surface area contributed by atoms with Crippen LogP contribution in [0.5, 0.6) is 0 Å². The number of aryl methyl sites for hydroxylation is 1. The first-order valence-corrected chi connectivity index (χ1v) is 8.76. The molecule has 1 aliphatic rings. The Labute approximate surface area is 133 Å². The molecule has 0 spiro atoms. The Morgan fingerprint density at radius 2 is 2.23 bits per heavy atom. The molecule has 0 saturated carbocycles. The smallest absolute Gasteiger partial charge is 0.410 e. The third kappa shape index (κ3) is 4.50. The standard InChI is InChI=1S/C15H23N3O3S/c1-11-7-8-16-13(17-11)22(20)10-12-6-5-9-18(12)14(19)21-15(2,3)4/h7-8,12H,5-6,9-10H2,1-4H3/t12-,22-/m1/s1. The van der Waals surface area contributed by atoms with Gasteiger partial charge in [-0.05, 0) is 46.6 Å². The molecule has 2 atom stereocenters. The Balaban J connectivity index is 2.02. The van der Waals surface area contributed by atoms with Crippen LogP contribution in [0.15, 0.2) is 17.4 Å². The van der Waals surface area contributed by atoms with Crippen LogP contribution in [0.25, 0.3) is 0 Å². The molecule has 0 aromatic carbocycles. The van der Waals surface area contributed by atoms with Gasteiger partial charge in [-0.1, -0.05) is 0 Å². The minimum atomic E-state index is -1.32. The largest absolute Gasteiger partial charge is 0.444 e. The van der Waals surface area contributed by atoms with Crippen molar-refractivity contribution in [1.82, 2.24) is 14.9 Å². The first kappa shape index (κ1) is 16.9. The van der Waals surface area contributed by atoms with E-state index in [1.165, 1.54) is 0 Å². The number of carbonyl (C=O) groups is 1. The van der Waals surface area contributed by atoms with Crippen molar-refractivity contribution >= 4 is 16.9 Å². The summed E-state index contributed by atoms with van der Waals surface area (Å²) in [5, 5.41) is 0.330. The van der Waals surface area contributed by atoms with Crippen LogP contribution in [0.3, 0.4) is 0 Å². The van der Waals surface area contributed by atoms with E-state index < -0.39 is 16.4 Å². The molecule has 1 saturated heterocycles. The molecule has 1 fully saturated rings. The van der Waals surface area contributed by atoms with E-state index in [9.17, 15) is 9.00 Å². The van der Waals surface area contributed by atoms with Gasteiger partial charge in [-0.25, -0.2) is 14.8 Å². The zero-order chi connectivity index (χ0) is 16.3. The van der Waals surface area contributed by atoms with E-state index in [-0.39, 0.29) is 12.1 Å². The lowest BCUT2D eigenvalue weighted by Gasteiger charge is -2.28. The summed E-state index contributed by atoms with van der Waals surface area (Å²) in [4.78, 5) is 22.2. The van der Waals surface area contributed by atoms with Crippen LogP contribution in [0.4, 0.5) is 4.79 Å². The number of nitrogens with zero attached hydrogens (tertiary/aromatic N) is 3. The highest BCUT2D eigenvalue weighted by molar-refractivity contribution is 7.84. The van der Waals surface area contributed by atoms with Crippen molar-refractivity contribution in [1.29, 1.82) is 0 Å². The molecule has 122 valence electrons. The molecular weight excluding hydrogens is 302 g/mol. The molecule has 1 aromatic rings. The van der Waals surface area contributed by atoms with Crippen molar-refractivity contribution in [2.75, 3.05) is 12.3 Å². The Morgan fingerprint density at radius 3 is 2.86 bits per heavy atom. The molecule has 0 bridgehead atoms. The van der Waals surface area contributed by atoms with Gasteiger partial charge in [0.15, 0.2) is 0 Å². The predicted molar refractivity (Wildman–Crippen MR) is 84.0 cm³/mol. The van der Waals surface area contributed by atoms with E-state index >= 15 is 0 Å². The Bertz CT molecular complexity index is 571. The lowest BCUT2D eigenvalue weighted by atomic mass is 10.2. The third-order valence-corrected chi connectivity index (χ3v) is 4.62. The van der Waals surface area contributed by atoms with E-state index in [4.69, 9.17) is 4.74 Å². The first-order chi connectivity index (χ1) is 10.3. The normalized spacial score (nSPS) is 20.0. The predicted octanol–water partition coefficient (Wildman–Crippen LogP) is 2.29. The molecule has 1 aromatic heterocycles. The van der Waals surface area contributed by atoms with Crippen molar-refractivity contribution < 1.29 is 13.7 Å². The van der Waals surface area contributed by atoms with E-state index in [2.05, 4.69) is 9.97 Å². The monoisotopic (exact) mass is 325 g/mol. The maximum absolute atomic E-state index is 12.4.